The summed E-state index contributed by atoms with van der Waals surface area (Å²) in [6.45, 7) is 9.00. The van der Waals surface area contributed by atoms with Crippen molar-refractivity contribution in [2.45, 2.75) is 76.7 Å². The third-order valence-corrected chi connectivity index (χ3v) is 9.18. The Morgan fingerprint density at radius 2 is 2.08 bits per heavy atom. The first-order chi connectivity index (χ1) is 17.4. The molecule has 4 heterocycles. The summed E-state index contributed by atoms with van der Waals surface area (Å²) in [7, 11) is 0. The van der Waals surface area contributed by atoms with Crippen LogP contribution in [0, 0.1) is 11.3 Å². The third kappa shape index (κ3) is 4.63. The van der Waals surface area contributed by atoms with Crippen molar-refractivity contribution in [2.75, 3.05) is 12.9 Å². The molecular formula is C25H33N3O7S2. The molecule has 0 spiro atoms. The molecule has 2 N–H and O–H groups in total. The van der Waals surface area contributed by atoms with Crippen LogP contribution in [0.1, 0.15) is 58.8 Å². The van der Waals surface area contributed by atoms with Crippen LogP contribution in [0.2, 0.25) is 0 Å². The van der Waals surface area contributed by atoms with Gasteiger partial charge >= 0.3 is 12.1 Å². The van der Waals surface area contributed by atoms with E-state index in [0.717, 1.165) is 16.3 Å². The molecule has 4 atom stereocenters. The van der Waals surface area contributed by atoms with Crippen molar-refractivity contribution in [3.8, 4) is 0 Å². The number of β-lactam (4-membered cyclic amide) rings is 1. The Balaban J connectivity index is 1.70. The molecule has 1 amide bonds. The molecule has 2 aromatic rings. The molecule has 1 fully saturated rings. The minimum absolute atomic E-state index is 0.0408. The largest absolute Gasteiger partial charge is 0.508 e. The molecule has 2 aromatic heterocycles. The fourth-order valence-electron chi connectivity index (χ4n) is 5.62. The van der Waals surface area contributed by atoms with E-state index in [1.54, 1.807) is 6.33 Å². The minimum atomic E-state index is -1.22. The zero-order valence-electron chi connectivity index (χ0n) is 21.8. The van der Waals surface area contributed by atoms with E-state index in [2.05, 4.69) is 4.98 Å². The maximum atomic E-state index is 13.0. The van der Waals surface area contributed by atoms with Gasteiger partial charge in [-0.25, -0.2) is 14.6 Å². The number of imidazole rings is 1. The fraction of sp³-hybridized carbons (Fsp3) is 0.600. The van der Waals surface area contributed by atoms with Gasteiger partial charge in [0.15, 0.2) is 0 Å². The Bertz CT molecular complexity index is 1260. The summed E-state index contributed by atoms with van der Waals surface area (Å²) in [5.41, 5.74) is -1.17. The lowest BCUT2D eigenvalue weighted by molar-refractivity contribution is -0.167. The van der Waals surface area contributed by atoms with Crippen molar-refractivity contribution < 1.29 is 34.1 Å². The Hall–Kier alpha value is -2.57. The molecule has 4 rings (SSSR count). The predicted octanol–water partition coefficient (Wildman–Crippen LogP) is 4.26. The number of aliphatic hydroxyl groups is 1. The first-order valence-corrected chi connectivity index (χ1v) is 14.3. The number of ether oxygens (including phenoxy) is 2. The maximum Gasteiger partial charge on any atom is 0.508 e. The summed E-state index contributed by atoms with van der Waals surface area (Å²) in [5, 5.41) is 21.5. The van der Waals surface area contributed by atoms with E-state index in [1.807, 2.05) is 44.5 Å². The Morgan fingerprint density at radius 3 is 2.68 bits per heavy atom. The maximum absolute atomic E-state index is 13.0. The highest BCUT2D eigenvalue weighted by Gasteiger charge is 2.66. The number of carboxylic acids is 1. The summed E-state index contributed by atoms with van der Waals surface area (Å²) >= 11 is 2.89. The molecule has 0 aliphatic carbocycles. The number of nitrogens with zero attached hydrogens (tertiary/aromatic N) is 3. The number of fused-ring (bicyclic) bond motifs is 2. The van der Waals surface area contributed by atoms with Crippen molar-refractivity contribution in [1.29, 1.82) is 0 Å². The summed E-state index contributed by atoms with van der Waals surface area (Å²) in [6, 6.07) is -0.586. The fourth-order valence-corrected chi connectivity index (χ4v) is 7.58. The van der Waals surface area contributed by atoms with Gasteiger partial charge < -0.3 is 24.6 Å². The molecule has 0 unspecified atom stereocenters. The number of aliphatic carboxylic acids is 1. The second-order valence-corrected chi connectivity index (χ2v) is 12.2. The van der Waals surface area contributed by atoms with Crippen LogP contribution in [-0.4, -0.2) is 73.1 Å². The number of thiazole rings is 1. The van der Waals surface area contributed by atoms with E-state index < -0.39 is 47.1 Å². The van der Waals surface area contributed by atoms with E-state index >= 15 is 0 Å². The molecule has 37 heavy (non-hydrogen) atoms. The zero-order chi connectivity index (χ0) is 27.3. The van der Waals surface area contributed by atoms with Crippen LogP contribution in [0.4, 0.5) is 4.79 Å². The molecule has 10 nitrogen and oxygen atoms in total. The Labute approximate surface area is 223 Å². The lowest BCUT2D eigenvalue weighted by Crippen LogP contribution is -2.66. The zero-order valence-corrected chi connectivity index (χ0v) is 23.4. The SMILES string of the molecule is CCCC(C)(C)OC(=O)OCC[C@@]1(C)C(c2cn3cnc(SC)c3s2)=C(C(=O)O)N2C(=O)[C@H]([C@@H](C)O)[C@@H]21. The van der Waals surface area contributed by atoms with E-state index in [4.69, 9.17) is 9.47 Å². The van der Waals surface area contributed by atoms with Gasteiger partial charge in [0.05, 0.1) is 29.5 Å². The van der Waals surface area contributed by atoms with Crippen LogP contribution in [0.15, 0.2) is 23.2 Å². The van der Waals surface area contributed by atoms with Crippen molar-refractivity contribution >= 4 is 51.5 Å². The average Bonchev–Trinajstić information content (AvgIpc) is 3.41. The Morgan fingerprint density at radius 1 is 1.38 bits per heavy atom. The third-order valence-electron chi connectivity index (χ3n) is 7.24. The molecule has 12 heteroatoms. The van der Waals surface area contributed by atoms with Gasteiger partial charge in [0, 0.05) is 17.2 Å². The molecule has 202 valence electrons. The Kier molecular flexibility index (Phi) is 7.39. The van der Waals surface area contributed by atoms with Gasteiger partial charge in [0.1, 0.15) is 27.5 Å². The number of thioether (sulfide) groups is 1. The quantitative estimate of drug-likeness (QED) is 0.253. The van der Waals surface area contributed by atoms with Gasteiger partial charge in [-0.1, -0.05) is 20.3 Å². The standard InChI is InChI=1S/C25H33N3O7S2/c1-7-8-24(3,4)35-23(33)34-10-9-25(5)16(14-11-27-12-26-19(36-6)21(27)37-14)17(22(31)32)28-18(25)15(13(2)29)20(28)30/h11-13,15,18,29H,7-10H2,1-6H3,(H,31,32)/t13-,15-,18-,25+/m1/s1. The molecule has 0 aromatic carbocycles. The molecular weight excluding hydrogens is 518 g/mol. The molecule has 0 saturated carbocycles. The van der Waals surface area contributed by atoms with Crippen LogP contribution in [0.3, 0.4) is 0 Å². The number of aromatic nitrogens is 2. The monoisotopic (exact) mass is 551 g/mol. The number of aliphatic hydroxyl groups excluding tert-OH is 1. The summed E-state index contributed by atoms with van der Waals surface area (Å²) in [6.07, 6.45) is 5.42. The van der Waals surface area contributed by atoms with E-state index in [-0.39, 0.29) is 18.7 Å². The molecule has 0 bridgehead atoms. The number of carbonyl (C=O) groups excluding carboxylic acids is 2. The van der Waals surface area contributed by atoms with Gasteiger partial charge in [0.25, 0.3) is 0 Å². The highest BCUT2D eigenvalue weighted by Crippen LogP contribution is 2.60. The lowest BCUT2D eigenvalue weighted by atomic mass is 9.66. The molecule has 0 radical (unpaired) electrons. The average molecular weight is 552 g/mol. The number of hydrogen-bond donors (Lipinski definition) is 2. The molecule has 2 aliphatic heterocycles. The summed E-state index contributed by atoms with van der Waals surface area (Å²) in [4.78, 5) is 45.2. The lowest BCUT2D eigenvalue weighted by Gasteiger charge is -2.50. The van der Waals surface area contributed by atoms with Gasteiger partial charge in [-0.3, -0.25) is 9.20 Å². The van der Waals surface area contributed by atoms with Gasteiger partial charge in [-0.2, -0.15) is 0 Å². The summed E-state index contributed by atoms with van der Waals surface area (Å²) in [5.74, 6) is -2.40. The smallest absolute Gasteiger partial charge is 0.477 e. The van der Waals surface area contributed by atoms with E-state index in [9.17, 15) is 24.6 Å². The second kappa shape index (κ2) is 9.95. The number of amides is 1. The number of carbonyl (C=O) groups is 3. The van der Waals surface area contributed by atoms with Crippen LogP contribution in [0.5, 0.6) is 0 Å². The van der Waals surface area contributed by atoms with E-state index in [0.29, 0.717) is 16.9 Å². The number of hydrogen-bond acceptors (Lipinski definition) is 9. The van der Waals surface area contributed by atoms with Crippen LogP contribution >= 0.6 is 23.1 Å². The molecule has 2 aliphatic rings. The summed E-state index contributed by atoms with van der Waals surface area (Å²) < 4.78 is 12.7. The first kappa shape index (κ1) is 27.5. The van der Waals surface area contributed by atoms with Gasteiger partial charge in [-0.05, 0) is 39.9 Å². The first-order valence-electron chi connectivity index (χ1n) is 12.2. The highest BCUT2D eigenvalue weighted by molar-refractivity contribution is 7.98. The van der Waals surface area contributed by atoms with E-state index in [1.165, 1.54) is 34.9 Å². The molecule has 1 saturated heterocycles. The van der Waals surface area contributed by atoms with Gasteiger partial charge in [0.2, 0.25) is 5.91 Å². The second-order valence-electron chi connectivity index (χ2n) is 10.4. The van der Waals surface area contributed by atoms with Crippen LogP contribution in [0.25, 0.3) is 10.4 Å². The van der Waals surface area contributed by atoms with Crippen molar-refractivity contribution in [2.24, 2.45) is 11.3 Å². The van der Waals surface area contributed by atoms with Crippen LogP contribution in [-0.2, 0) is 19.1 Å². The topological polar surface area (TPSA) is 131 Å². The normalized spacial score (nSPS) is 24.3. The highest BCUT2D eigenvalue weighted by atomic mass is 32.2. The predicted molar refractivity (Wildman–Crippen MR) is 139 cm³/mol. The van der Waals surface area contributed by atoms with Crippen molar-refractivity contribution in [1.82, 2.24) is 14.3 Å². The number of rotatable bonds is 10. The number of carboxylic acid groups (broad SMARTS) is 1. The van der Waals surface area contributed by atoms with Crippen molar-refractivity contribution in [3.05, 3.63) is 23.1 Å². The minimum Gasteiger partial charge on any atom is -0.477 e. The van der Waals surface area contributed by atoms with Gasteiger partial charge in [-0.15, -0.1) is 23.1 Å². The van der Waals surface area contributed by atoms with Crippen molar-refractivity contribution in [3.63, 3.8) is 0 Å². The van der Waals surface area contributed by atoms with Crippen LogP contribution < -0.4 is 0 Å².